The van der Waals surface area contributed by atoms with Crippen molar-refractivity contribution in [2.75, 3.05) is 5.32 Å². The van der Waals surface area contributed by atoms with Crippen molar-refractivity contribution in [2.24, 2.45) is 0 Å². The lowest BCUT2D eigenvalue weighted by Crippen LogP contribution is -2.24. The second-order valence-electron chi connectivity index (χ2n) is 7.52. The molecule has 0 fully saturated rings. The summed E-state index contributed by atoms with van der Waals surface area (Å²) in [4.78, 5) is 22.6. The summed E-state index contributed by atoms with van der Waals surface area (Å²) in [7, 11) is 0. The summed E-state index contributed by atoms with van der Waals surface area (Å²) in [6, 6.07) is 15.6. The van der Waals surface area contributed by atoms with E-state index in [4.69, 9.17) is 9.84 Å². The molecule has 0 saturated heterocycles. The average molecular weight is 381 g/mol. The van der Waals surface area contributed by atoms with Crippen LogP contribution in [-0.2, 0) is 27.3 Å². The van der Waals surface area contributed by atoms with Crippen LogP contribution in [0, 0.1) is 0 Å². The molecule has 0 aliphatic carbocycles. The largest absolute Gasteiger partial charge is 0.478 e. The van der Waals surface area contributed by atoms with Crippen LogP contribution >= 0.6 is 0 Å². The zero-order chi connectivity index (χ0) is 20.6. The fraction of sp³-hybridized carbons (Fsp3) is 0.304. The monoisotopic (exact) mass is 381 g/mol. The fourth-order valence-corrected chi connectivity index (χ4v) is 2.70. The van der Waals surface area contributed by atoms with Gasteiger partial charge in [0.15, 0.2) is 0 Å². The van der Waals surface area contributed by atoms with Crippen molar-refractivity contribution in [2.45, 2.75) is 45.8 Å². The van der Waals surface area contributed by atoms with Crippen molar-refractivity contribution < 1.29 is 19.4 Å². The molecule has 5 nitrogen and oxygen atoms in total. The smallest absolute Gasteiger partial charge is 0.328 e. The Morgan fingerprint density at radius 1 is 1.07 bits per heavy atom. The number of anilines is 1. The zero-order valence-corrected chi connectivity index (χ0v) is 16.6. The number of esters is 1. The maximum absolute atomic E-state index is 11.9. The van der Waals surface area contributed by atoms with E-state index in [2.05, 4.69) is 11.4 Å². The highest BCUT2D eigenvalue weighted by molar-refractivity contribution is 5.86. The van der Waals surface area contributed by atoms with Gasteiger partial charge in [-0.2, -0.15) is 0 Å². The van der Waals surface area contributed by atoms with E-state index in [0.29, 0.717) is 19.4 Å². The number of carboxylic acids is 1. The predicted octanol–water partition coefficient (Wildman–Crippen LogP) is 4.67. The van der Waals surface area contributed by atoms with Gasteiger partial charge in [0.25, 0.3) is 0 Å². The molecule has 0 amide bonds. The summed E-state index contributed by atoms with van der Waals surface area (Å²) < 4.78 is 5.35. The topological polar surface area (TPSA) is 75.6 Å². The van der Waals surface area contributed by atoms with Gasteiger partial charge in [-0.25, -0.2) is 4.79 Å². The molecule has 28 heavy (non-hydrogen) atoms. The SMILES string of the molecule is CC(C)(C)OC(=O)CCc1cccc(CNc2ccccc2/C=C/C(=O)O)c1. The number of nitrogens with one attached hydrogen (secondary N) is 1. The van der Waals surface area contributed by atoms with Gasteiger partial charge in [0.1, 0.15) is 5.60 Å². The van der Waals surface area contributed by atoms with Crippen LogP contribution in [0.1, 0.15) is 43.9 Å². The van der Waals surface area contributed by atoms with Crippen LogP contribution in [0.25, 0.3) is 6.08 Å². The molecule has 148 valence electrons. The number of hydrogen-bond donors (Lipinski definition) is 2. The summed E-state index contributed by atoms with van der Waals surface area (Å²) in [5.74, 6) is -1.18. The Labute approximate surface area is 166 Å². The number of hydrogen-bond acceptors (Lipinski definition) is 4. The lowest BCUT2D eigenvalue weighted by atomic mass is 10.1. The molecule has 0 aromatic heterocycles. The van der Waals surface area contributed by atoms with Crippen molar-refractivity contribution in [1.82, 2.24) is 0 Å². The summed E-state index contributed by atoms with van der Waals surface area (Å²) in [6.45, 7) is 6.18. The van der Waals surface area contributed by atoms with Crippen molar-refractivity contribution in [1.29, 1.82) is 0 Å². The first-order valence-electron chi connectivity index (χ1n) is 9.26. The Hall–Kier alpha value is -3.08. The summed E-state index contributed by atoms with van der Waals surface area (Å²) >= 11 is 0. The normalized spacial score (nSPS) is 11.4. The Balaban J connectivity index is 1.97. The van der Waals surface area contributed by atoms with Gasteiger partial charge in [0, 0.05) is 24.7 Å². The van der Waals surface area contributed by atoms with Crippen molar-refractivity contribution in [3.8, 4) is 0 Å². The van der Waals surface area contributed by atoms with Gasteiger partial charge in [-0.15, -0.1) is 0 Å². The van der Waals surface area contributed by atoms with E-state index in [9.17, 15) is 9.59 Å². The third-order valence-corrected chi connectivity index (χ3v) is 3.88. The first kappa shape index (κ1) is 21.2. The average Bonchev–Trinajstić information content (AvgIpc) is 2.62. The molecule has 0 heterocycles. The minimum Gasteiger partial charge on any atom is -0.478 e. The van der Waals surface area contributed by atoms with E-state index in [1.165, 1.54) is 0 Å². The first-order chi connectivity index (χ1) is 13.2. The molecule has 0 spiro atoms. The maximum atomic E-state index is 11.9. The zero-order valence-electron chi connectivity index (χ0n) is 16.6. The Morgan fingerprint density at radius 3 is 2.50 bits per heavy atom. The summed E-state index contributed by atoms with van der Waals surface area (Å²) in [6.07, 6.45) is 3.66. The van der Waals surface area contributed by atoms with Crippen molar-refractivity contribution in [3.63, 3.8) is 0 Å². The van der Waals surface area contributed by atoms with Crippen LogP contribution in [-0.4, -0.2) is 22.6 Å². The number of rotatable bonds is 8. The molecule has 0 aliphatic heterocycles. The highest BCUT2D eigenvalue weighted by Crippen LogP contribution is 2.18. The number of benzene rings is 2. The molecule has 0 radical (unpaired) electrons. The number of para-hydroxylation sites is 1. The highest BCUT2D eigenvalue weighted by Gasteiger charge is 2.15. The van der Waals surface area contributed by atoms with E-state index < -0.39 is 11.6 Å². The van der Waals surface area contributed by atoms with Gasteiger partial charge in [0.05, 0.1) is 0 Å². The van der Waals surface area contributed by atoms with Crippen LogP contribution in [0.3, 0.4) is 0 Å². The molecular formula is C23H27NO4. The van der Waals surface area contributed by atoms with Crippen LogP contribution in [0.5, 0.6) is 0 Å². The molecule has 0 aliphatic rings. The number of ether oxygens (including phenoxy) is 1. The molecule has 2 aromatic rings. The van der Waals surface area contributed by atoms with Crippen LogP contribution in [0.15, 0.2) is 54.6 Å². The Kier molecular flexibility index (Phi) is 7.38. The van der Waals surface area contributed by atoms with Gasteiger partial charge < -0.3 is 15.2 Å². The van der Waals surface area contributed by atoms with Gasteiger partial charge in [-0.1, -0.05) is 42.5 Å². The molecule has 5 heteroatoms. The van der Waals surface area contributed by atoms with Crippen LogP contribution < -0.4 is 5.32 Å². The number of aliphatic carboxylic acids is 1. The number of carbonyl (C=O) groups is 2. The van der Waals surface area contributed by atoms with E-state index in [1.54, 1.807) is 6.08 Å². The third-order valence-electron chi connectivity index (χ3n) is 3.88. The number of carbonyl (C=O) groups excluding carboxylic acids is 1. The highest BCUT2D eigenvalue weighted by atomic mass is 16.6. The molecule has 2 aromatic carbocycles. The molecule has 2 N–H and O–H groups in total. The van der Waals surface area contributed by atoms with Gasteiger partial charge in [-0.05, 0) is 56.0 Å². The van der Waals surface area contributed by atoms with E-state index in [0.717, 1.165) is 28.5 Å². The lowest BCUT2D eigenvalue weighted by molar-refractivity contribution is -0.154. The molecule has 0 unspecified atom stereocenters. The second-order valence-corrected chi connectivity index (χ2v) is 7.52. The number of carboxylic acid groups (broad SMARTS) is 1. The van der Waals surface area contributed by atoms with Crippen LogP contribution in [0.2, 0.25) is 0 Å². The Morgan fingerprint density at radius 2 is 1.79 bits per heavy atom. The second kappa shape index (κ2) is 9.74. The van der Waals surface area contributed by atoms with E-state index in [-0.39, 0.29) is 5.97 Å². The molecular weight excluding hydrogens is 354 g/mol. The predicted molar refractivity (Wildman–Crippen MR) is 111 cm³/mol. The maximum Gasteiger partial charge on any atom is 0.328 e. The van der Waals surface area contributed by atoms with E-state index >= 15 is 0 Å². The van der Waals surface area contributed by atoms with Crippen LogP contribution in [0.4, 0.5) is 5.69 Å². The first-order valence-corrected chi connectivity index (χ1v) is 9.26. The van der Waals surface area contributed by atoms with Gasteiger partial charge in [-0.3, -0.25) is 4.79 Å². The minimum absolute atomic E-state index is 0.199. The van der Waals surface area contributed by atoms with Crippen molar-refractivity contribution >= 4 is 23.7 Å². The van der Waals surface area contributed by atoms with Gasteiger partial charge >= 0.3 is 11.9 Å². The molecule has 2 rings (SSSR count). The molecule has 0 saturated carbocycles. The Bertz CT molecular complexity index is 850. The fourth-order valence-electron chi connectivity index (χ4n) is 2.70. The quantitative estimate of drug-likeness (QED) is 0.513. The summed E-state index contributed by atoms with van der Waals surface area (Å²) in [5.41, 5.74) is 3.36. The lowest BCUT2D eigenvalue weighted by Gasteiger charge is -2.19. The molecule has 0 atom stereocenters. The number of aryl methyl sites for hydroxylation is 1. The van der Waals surface area contributed by atoms with Gasteiger partial charge in [0.2, 0.25) is 0 Å². The van der Waals surface area contributed by atoms with E-state index in [1.807, 2.05) is 63.2 Å². The minimum atomic E-state index is -0.979. The standard InChI is InChI=1S/C23H27NO4/c1-23(2,3)28-22(27)14-11-17-7-6-8-18(15-17)16-24-20-10-5-4-9-19(20)12-13-21(25)26/h4-10,12-13,15,24H,11,14,16H2,1-3H3,(H,25,26)/b13-12+. The summed E-state index contributed by atoms with van der Waals surface area (Å²) in [5, 5.41) is 12.2. The molecule has 0 bridgehead atoms. The third kappa shape index (κ3) is 7.66. The van der Waals surface area contributed by atoms with Crippen molar-refractivity contribution in [3.05, 3.63) is 71.3 Å².